The van der Waals surface area contributed by atoms with Gasteiger partial charge in [-0.1, -0.05) is 31.2 Å². The van der Waals surface area contributed by atoms with Crippen molar-refractivity contribution in [3.63, 3.8) is 0 Å². The fourth-order valence-electron chi connectivity index (χ4n) is 1.66. The first-order valence-corrected chi connectivity index (χ1v) is 6.19. The summed E-state index contributed by atoms with van der Waals surface area (Å²) in [6.45, 7) is 5.51. The predicted molar refractivity (Wildman–Crippen MR) is 66.4 cm³/mol. The molecule has 0 bridgehead atoms. The van der Waals surface area contributed by atoms with E-state index in [9.17, 15) is 13.2 Å². The lowest BCUT2D eigenvalue weighted by Crippen LogP contribution is -2.03. The first-order chi connectivity index (χ1) is 8.43. The second kappa shape index (κ2) is 4.72. The highest BCUT2D eigenvalue weighted by Gasteiger charge is 2.36. The Morgan fingerprint density at radius 1 is 1.22 bits per heavy atom. The first-order valence-electron chi connectivity index (χ1n) is 5.41. The van der Waals surface area contributed by atoms with Gasteiger partial charge >= 0.3 is 6.18 Å². The zero-order valence-corrected chi connectivity index (χ0v) is 10.5. The van der Waals surface area contributed by atoms with E-state index in [1.807, 2.05) is 19.1 Å². The van der Waals surface area contributed by atoms with Gasteiger partial charge in [-0.2, -0.15) is 17.5 Å². The second-order valence-corrected chi connectivity index (χ2v) is 4.66. The maximum absolute atomic E-state index is 12.6. The molecule has 0 saturated carbocycles. The zero-order chi connectivity index (χ0) is 13.3. The molecule has 0 atom stereocenters. The molecule has 2 rings (SSSR count). The fraction of sp³-hybridized carbons (Fsp3) is 0.231. The molecule has 1 aromatic carbocycles. The smallest absolute Gasteiger partial charge is 0.192 e. The van der Waals surface area contributed by atoms with Gasteiger partial charge in [-0.25, -0.2) is 0 Å². The van der Waals surface area contributed by atoms with Crippen LogP contribution in [0.5, 0.6) is 0 Å². The molecule has 0 amide bonds. The van der Waals surface area contributed by atoms with Crippen LogP contribution < -0.4 is 0 Å². The standard InChI is InChI=1S/C13H11F3NS/c1-3-9-4-6-10(7-5-9)11-8(2)12(18-17-11)13(14,15)16/h4-7H,2-3H2,1H3. The van der Waals surface area contributed by atoms with E-state index in [-0.39, 0.29) is 5.56 Å². The Balaban J connectivity index is 2.42. The van der Waals surface area contributed by atoms with Crippen molar-refractivity contribution in [2.75, 3.05) is 0 Å². The van der Waals surface area contributed by atoms with E-state index >= 15 is 0 Å². The molecule has 2 aromatic rings. The average Bonchev–Trinajstić information content (AvgIpc) is 2.71. The number of aryl methyl sites for hydroxylation is 1. The number of nitrogens with zero attached hydrogens (tertiary/aromatic N) is 1. The SMILES string of the molecule is [CH2]c1c(-c2ccc(CC)cc2)nsc1C(F)(F)F. The monoisotopic (exact) mass is 270 g/mol. The van der Waals surface area contributed by atoms with Gasteiger partial charge in [-0.05, 0) is 30.4 Å². The molecule has 0 N–H and O–H groups in total. The third-order valence-electron chi connectivity index (χ3n) is 2.68. The molecule has 1 heterocycles. The van der Waals surface area contributed by atoms with Crippen molar-refractivity contribution in [3.05, 3.63) is 47.2 Å². The van der Waals surface area contributed by atoms with Crippen molar-refractivity contribution in [3.8, 4) is 11.3 Å². The van der Waals surface area contributed by atoms with Crippen LogP contribution in [0.4, 0.5) is 13.2 Å². The summed E-state index contributed by atoms with van der Waals surface area (Å²) in [7, 11) is 0. The van der Waals surface area contributed by atoms with Gasteiger partial charge in [0.2, 0.25) is 0 Å². The lowest BCUT2D eigenvalue weighted by atomic mass is 10.0. The summed E-state index contributed by atoms with van der Waals surface area (Å²) in [5.74, 6) is 0. The lowest BCUT2D eigenvalue weighted by molar-refractivity contribution is -0.134. The Bertz CT molecular complexity index is 540. The summed E-state index contributed by atoms with van der Waals surface area (Å²) >= 11 is 0.450. The molecule has 1 aromatic heterocycles. The highest BCUT2D eigenvalue weighted by molar-refractivity contribution is 7.06. The largest absolute Gasteiger partial charge is 0.427 e. The Hall–Kier alpha value is -1.36. The number of alkyl halides is 3. The number of rotatable bonds is 2. The van der Waals surface area contributed by atoms with Crippen LogP contribution in [0, 0.1) is 6.92 Å². The summed E-state index contributed by atoms with van der Waals surface area (Å²) in [6.07, 6.45) is -3.49. The highest BCUT2D eigenvalue weighted by atomic mass is 32.1. The molecule has 0 spiro atoms. The highest BCUT2D eigenvalue weighted by Crippen LogP contribution is 2.38. The van der Waals surface area contributed by atoms with Gasteiger partial charge in [0.1, 0.15) is 4.88 Å². The summed E-state index contributed by atoms with van der Waals surface area (Å²) < 4.78 is 41.7. The van der Waals surface area contributed by atoms with E-state index in [1.54, 1.807) is 12.1 Å². The second-order valence-electron chi connectivity index (χ2n) is 3.89. The van der Waals surface area contributed by atoms with Crippen LogP contribution >= 0.6 is 11.5 Å². The molecule has 18 heavy (non-hydrogen) atoms. The topological polar surface area (TPSA) is 12.9 Å². The average molecular weight is 270 g/mol. The number of benzene rings is 1. The van der Waals surface area contributed by atoms with Gasteiger partial charge in [-0.3, -0.25) is 0 Å². The summed E-state index contributed by atoms with van der Waals surface area (Å²) in [4.78, 5) is -0.725. The molecular formula is C13H11F3NS. The van der Waals surface area contributed by atoms with Gasteiger partial charge in [0.15, 0.2) is 0 Å². The Morgan fingerprint density at radius 2 is 1.83 bits per heavy atom. The van der Waals surface area contributed by atoms with E-state index in [0.29, 0.717) is 22.8 Å². The van der Waals surface area contributed by atoms with Crippen molar-refractivity contribution in [2.45, 2.75) is 19.5 Å². The number of halogens is 3. The molecule has 95 valence electrons. The molecule has 5 heteroatoms. The molecular weight excluding hydrogens is 259 g/mol. The van der Waals surface area contributed by atoms with Crippen molar-refractivity contribution in [2.24, 2.45) is 0 Å². The molecule has 0 aliphatic carbocycles. The number of hydrogen-bond donors (Lipinski definition) is 0. The van der Waals surface area contributed by atoms with Crippen molar-refractivity contribution >= 4 is 11.5 Å². The predicted octanol–water partition coefficient (Wildman–Crippen LogP) is 4.57. The molecule has 0 unspecified atom stereocenters. The third kappa shape index (κ3) is 2.41. The van der Waals surface area contributed by atoms with Crippen LogP contribution in [0.15, 0.2) is 24.3 Å². The molecule has 0 aliphatic rings. The third-order valence-corrected chi connectivity index (χ3v) is 3.62. The van der Waals surface area contributed by atoms with Crippen LogP contribution in [-0.4, -0.2) is 4.37 Å². The van der Waals surface area contributed by atoms with Crippen LogP contribution in [0.2, 0.25) is 0 Å². The van der Waals surface area contributed by atoms with Gasteiger partial charge in [-0.15, -0.1) is 0 Å². The van der Waals surface area contributed by atoms with Crippen LogP contribution in [0.1, 0.15) is 22.9 Å². The van der Waals surface area contributed by atoms with Gasteiger partial charge < -0.3 is 0 Å². The van der Waals surface area contributed by atoms with Crippen molar-refractivity contribution in [1.82, 2.24) is 4.37 Å². The normalized spacial score (nSPS) is 11.8. The van der Waals surface area contributed by atoms with E-state index in [4.69, 9.17) is 0 Å². The molecule has 0 aliphatic heterocycles. The minimum Gasteiger partial charge on any atom is -0.192 e. The first kappa shape index (κ1) is 13.1. The lowest BCUT2D eigenvalue weighted by Gasteiger charge is -2.04. The van der Waals surface area contributed by atoms with E-state index in [1.165, 1.54) is 0 Å². The summed E-state index contributed by atoms with van der Waals surface area (Å²) in [5, 5.41) is 0. The van der Waals surface area contributed by atoms with Gasteiger partial charge in [0, 0.05) is 11.1 Å². The minimum atomic E-state index is -4.38. The number of hydrogen-bond acceptors (Lipinski definition) is 2. The Kier molecular flexibility index (Phi) is 3.43. The maximum atomic E-state index is 12.6. The fourth-order valence-corrected chi connectivity index (χ4v) is 2.37. The van der Waals surface area contributed by atoms with Gasteiger partial charge in [0.25, 0.3) is 0 Å². The summed E-state index contributed by atoms with van der Waals surface area (Å²) in [6, 6.07) is 7.34. The van der Waals surface area contributed by atoms with Crippen molar-refractivity contribution in [1.29, 1.82) is 0 Å². The Morgan fingerprint density at radius 3 is 2.28 bits per heavy atom. The van der Waals surface area contributed by atoms with E-state index in [2.05, 4.69) is 11.3 Å². The summed E-state index contributed by atoms with van der Waals surface area (Å²) in [5.41, 5.74) is 2.08. The number of aromatic nitrogens is 1. The minimum absolute atomic E-state index is 0.0447. The molecule has 1 radical (unpaired) electrons. The molecule has 0 fully saturated rings. The van der Waals surface area contributed by atoms with Crippen LogP contribution in [0.3, 0.4) is 0 Å². The van der Waals surface area contributed by atoms with Crippen molar-refractivity contribution < 1.29 is 13.2 Å². The van der Waals surface area contributed by atoms with Gasteiger partial charge in [0.05, 0.1) is 5.69 Å². The molecule has 0 saturated heterocycles. The maximum Gasteiger partial charge on any atom is 0.427 e. The van der Waals surface area contributed by atoms with E-state index < -0.39 is 11.1 Å². The Labute approximate surface area is 107 Å². The quantitative estimate of drug-likeness (QED) is 0.778. The van der Waals surface area contributed by atoms with Crippen LogP contribution in [0.25, 0.3) is 11.3 Å². The molecule has 1 nitrogen and oxygen atoms in total. The zero-order valence-electron chi connectivity index (χ0n) is 9.71. The van der Waals surface area contributed by atoms with Crippen LogP contribution in [-0.2, 0) is 12.6 Å². The van der Waals surface area contributed by atoms with E-state index in [0.717, 1.165) is 12.0 Å².